The van der Waals surface area contributed by atoms with Crippen molar-refractivity contribution in [2.75, 3.05) is 6.61 Å². The van der Waals surface area contributed by atoms with E-state index >= 15 is 0 Å². The van der Waals surface area contributed by atoms with Gasteiger partial charge in [0.05, 0.1) is 6.61 Å². The molecule has 116 valence electrons. The number of carbonyl (C=O) groups is 1. The highest BCUT2D eigenvalue weighted by Crippen LogP contribution is 2.35. The van der Waals surface area contributed by atoms with Crippen LogP contribution in [0.3, 0.4) is 0 Å². The van der Waals surface area contributed by atoms with Crippen LogP contribution < -0.4 is 0 Å². The molecule has 0 radical (unpaired) electrons. The summed E-state index contributed by atoms with van der Waals surface area (Å²) in [6.07, 6.45) is 0. The Labute approximate surface area is 130 Å². The van der Waals surface area contributed by atoms with Crippen molar-refractivity contribution in [2.24, 2.45) is 0 Å². The number of esters is 1. The van der Waals surface area contributed by atoms with Gasteiger partial charge in [-0.05, 0) is 18.6 Å². The summed E-state index contributed by atoms with van der Waals surface area (Å²) in [5.41, 5.74) is 1.86. The Morgan fingerprint density at radius 2 is 1.86 bits per heavy atom. The summed E-state index contributed by atoms with van der Waals surface area (Å²) in [5.74, 6) is -0.749. The van der Waals surface area contributed by atoms with Gasteiger partial charge >= 0.3 is 5.97 Å². The van der Waals surface area contributed by atoms with E-state index in [-0.39, 0.29) is 23.5 Å². The predicted octanol–water partition coefficient (Wildman–Crippen LogP) is 3.93. The first-order chi connectivity index (χ1) is 10.3. The van der Waals surface area contributed by atoms with E-state index in [0.29, 0.717) is 5.56 Å². The number of aromatic hydroxyl groups is 1. The van der Waals surface area contributed by atoms with E-state index in [9.17, 15) is 9.90 Å². The minimum absolute atomic E-state index is 0.0341. The second kappa shape index (κ2) is 6.18. The van der Waals surface area contributed by atoms with E-state index < -0.39 is 5.97 Å². The average Bonchev–Trinajstić information content (AvgIpc) is 2.47. The lowest BCUT2D eigenvalue weighted by Gasteiger charge is -2.20. The van der Waals surface area contributed by atoms with Crippen molar-refractivity contribution < 1.29 is 14.6 Å². The highest BCUT2D eigenvalue weighted by Gasteiger charge is 2.25. The SMILES string of the molecule is CCOC(=O)c1nc(C(C)(C)C)cc(-c2ccccc2)c1O. The minimum Gasteiger partial charge on any atom is -0.505 e. The molecule has 0 saturated carbocycles. The molecule has 0 aliphatic carbocycles. The number of ether oxygens (including phenoxy) is 1. The van der Waals surface area contributed by atoms with E-state index in [1.807, 2.05) is 57.2 Å². The largest absolute Gasteiger partial charge is 0.505 e. The lowest BCUT2D eigenvalue weighted by Crippen LogP contribution is -2.17. The first-order valence-corrected chi connectivity index (χ1v) is 7.31. The zero-order valence-corrected chi connectivity index (χ0v) is 13.4. The van der Waals surface area contributed by atoms with Gasteiger partial charge in [0.2, 0.25) is 0 Å². The Kier molecular flexibility index (Phi) is 4.50. The molecule has 0 unspecified atom stereocenters. The lowest BCUT2D eigenvalue weighted by atomic mass is 9.89. The first kappa shape index (κ1) is 16.0. The molecule has 0 aliphatic rings. The van der Waals surface area contributed by atoms with Gasteiger partial charge < -0.3 is 9.84 Å². The van der Waals surface area contributed by atoms with Gasteiger partial charge in [-0.1, -0.05) is 51.1 Å². The lowest BCUT2D eigenvalue weighted by molar-refractivity contribution is 0.0515. The molecule has 0 fully saturated rings. The van der Waals surface area contributed by atoms with Crippen LogP contribution in [0, 0.1) is 0 Å². The third-order valence-corrected chi connectivity index (χ3v) is 3.31. The van der Waals surface area contributed by atoms with Crippen molar-refractivity contribution >= 4 is 5.97 Å². The van der Waals surface area contributed by atoms with E-state index in [2.05, 4.69) is 4.98 Å². The van der Waals surface area contributed by atoms with Crippen molar-refractivity contribution in [1.82, 2.24) is 4.98 Å². The van der Waals surface area contributed by atoms with Crippen LogP contribution in [-0.4, -0.2) is 22.7 Å². The van der Waals surface area contributed by atoms with Gasteiger partial charge in [0.25, 0.3) is 0 Å². The molecule has 1 heterocycles. The van der Waals surface area contributed by atoms with Gasteiger partial charge in [-0.25, -0.2) is 9.78 Å². The van der Waals surface area contributed by atoms with Crippen LogP contribution in [0.1, 0.15) is 43.9 Å². The Balaban J connectivity index is 2.67. The second-order valence-electron chi connectivity index (χ2n) is 6.09. The standard InChI is InChI=1S/C18H21NO3/c1-5-22-17(21)15-16(20)13(12-9-7-6-8-10-12)11-14(19-15)18(2,3)4/h6-11,20H,5H2,1-4H3. The molecule has 1 aromatic carbocycles. The van der Waals surface area contributed by atoms with Crippen molar-refractivity contribution in [1.29, 1.82) is 0 Å². The van der Waals surface area contributed by atoms with Crippen LogP contribution >= 0.6 is 0 Å². The Bertz CT molecular complexity index is 673. The van der Waals surface area contributed by atoms with E-state index in [1.54, 1.807) is 6.92 Å². The van der Waals surface area contributed by atoms with Gasteiger partial charge in [0.1, 0.15) is 0 Å². The molecular formula is C18H21NO3. The number of nitrogens with zero attached hydrogens (tertiary/aromatic N) is 1. The molecule has 0 saturated heterocycles. The summed E-state index contributed by atoms with van der Waals surface area (Å²) in [4.78, 5) is 16.4. The van der Waals surface area contributed by atoms with Crippen molar-refractivity contribution in [2.45, 2.75) is 33.1 Å². The maximum absolute atomic E-state index is 12.1. The van der Waals surface area contributed by atoms with E-state index in [1.165, 1.54) is 0 Å². The molecule has 22 heavy (non-hydrogen) atoms. The molecule has 1 N–H and O–H groups in total. The highest BCUT2D eigenvalue weighted by molar-refractivity contribution is 5.93. The average molecular weight is 299 g/mol. The number of carbonyl (C=O) groups excluding carboxylic acids is 1. The fraction of sp³-hybridized carbons (Fsp3) is 0.333. The molecule has 1 aromatic heterocycles. The number of rotatable bonds is 3. The molecule has 0 spiro atoms. The summed E-state index contributed by atoms with van der Waals surface area (Å²) >= 11 is 0. The van der Waals surface area contributed by atoms with Crippen molar-refractivity contribution in [3.63, 3.8) is 0 Å². The number of hydrogen-bond donors (Lipinski definition) is 1. The fourth-order valence-corrected chi connectivity index (χ4v) is 2.10. The van der Waals surface area contributed by atoms with Crippen molar-refractivity contribution in [3.8, 4) is 16.9 Å². The molecule has 2 aromatic rings. The predicted molar refractivity (Wildman–Crippen MR) is 86.0 cm³/mol. The number of benzene rings is 1. The quantitative estimate of drug-likeness (QED) is 0.872. The summed E-state index contributed by atoms with van der Waals surface area (Å²) in [5, 5.41) is 10.5. The van der Waals surface area contributed by atoms with Gasteiger partial charge in [-0.2, -0.15) is 0 Å². The van der Waals surface area contributed by atoms with Gasteiger partial charge in [0, 0.05) is 16.7 Å². The second-order valence-corrected chi connectivity index (χ2v) is 6.09. The normalized spacial score (nSPS) is 11.3. The Morgan fingerprint density at radius 1 is 1.23 bits per heavy atom. The van der Waals surface area contributed by atoms with Gasteiger partial charge in [-0.3, -0.25) is 0 Å². The zero-order chi connectivity index (χ0) is 16.3. The maximum Gasteiger partial charge on any atom is 0.360 e. The van der Waals surface area contributed by atoms with Crippen LogP contribution in [0.4, 0.5) is 0 Å². The monoisotopic (exact) mass is 299 g/mol. The molecule has 0 bridgehead atoms. The summed E-state index contributed by atoms with van der Waals surface area (Å²) in [6.45, 7) is 7.99. The molecule has 2 rings (SSSR count). The summed E-state index contributed by atoms with van der Waals surface area (Å²) < 4.78 is 5.01. The van der Waals surface area contributed by atoms with E-state index in [0.717, 1.165) is 11.3 Å². The third kappa shape index (κ3) is 3.27. The van der Waals surface area contributed by atoms with Crippen LogP contribution in [0.25, 0.3) is 11.1 Å². The van der Waals surface area contributed by atoms with Crippen LogP contribution in [0.15, 0.2) is 36.4 Å². The highest BCUT2D eigenvalue weighted by atomic mass is 16.5. The van der Waals surface area contributed by atoms with Crippen LogP contribution in [0.2, 0.25) is 0 Å². The summed E-state index contributed by atoms with van der Waals surface area (Å²) in [7, 11) is 0. The first-order valence-electron chi connectivity index (χ1n) is 7.31. The topological polar surface area (TPSA) is 59.4 Å². The van der Waals surface area contributed by atoms with Crippen LogP contribution in [0.5, 0.6) is 5.75 Å². The zero-order valence-electron chi connectivity index (χ0n) is 13.4. The van der Waals surface area contributed by atoms with Crippen molar-refractivity contribution in [3.05, 3.63) is 47.8 Å². The molecular weight excluding hydrogens is 278 g/mol. The van der Waals surface area contributed by atoms with Gasteiger partial charge in [0.15, 0.2) is 11.4 Å². The maximum atomic E-state index is 12.1. The molecule has 0 aliphatic heterocycles. The molecule has 0 atom stereocenters. The van der Waals surface area contributed by atoms with E-state index in [4.69, 9.17) is 4.74 Å². The summed E-state index contributed by atoms with van der Waals surface area (Å²) in [6, 6.07) is 11.3. The number of hydrogen-bond acceptors (Lipinski definition) is 4. The fourth-order valence-electron chi connectivity index (χ4n) is 2.10. The smallest absolute Gasteiger partial charge is 0.360 e. The number of aromatic nitrogens is 1. The Hall–Kier alpha value is -2.36. The minimum atomic E-state index is -0.608. The van der Waals surface area contributed by atoms with Crippen LogP contribution in [-0.2, 0) is 10.2 Å². The van der Waals surface area contributed by atoms with Gasteiger partial charge in [-0.15, -0.1) is 0 Å². The molecule has 4 heteroatoms. The Morgan fingerprint density at radius 3 is 2.41 bits per heavy atom. The third-order valence-electron chi connectivity index (χ3n) is 3.31. The molecule has 0 amide bonds. The molecule has 4 nitrogen and oxygen atoms in total. The number of pyridine rings is 1.